The van der Waals surface area contributed by atoms with Crippen LogP contribution in [0.2, 0.25) is 0 Å². The molecule has 2 saturated heterocycles. The second-order valence-corrected chi connectivity index (χ2v) is 10.6. The number of aliphatic imine (C=N–C) groups is 1. The third-order valence-corrected chi connectivity index (χ3v) is 8.18. The van der Waals surface area contributed by atoms with Gasteiger partial charge in [-0.05, 0) is 18.3 Å². The highest BCUT2D eigenvalue weighted by molar-refractivity contribution is 14.0. The van der Waals surface area contributed by atoms with Crippen LogP contribution in [0.4, 0.5) is 0 Å². The molecule has 0 radical (unpaired) electrons. The van der Waals surface area contributed by atoms with Gasteiger partial charge in [0.15, 0.2) is 15.8 Å². The summed E-state index contributed by atoms with van der Waals surface area (Å²) < 4.78 is 22.9. The number of sulfone groups is 1. The smallest absolute Gasteiger partial charge is 0.233 e. The highest BCUT2D eigenvalue weighted by Gasteiger charge is 2.58. The molecule has 4 atom stereocenters. The summed E-state index contributed by atoms with van der Waals surface area (Å²) in [7, 11) is -1.19. The molecule has 2 amide bonds. The standard InChI is InChI=1S/C19H29N5O4S.HI/c1-20-19(21-4-6-23-8-10-29(27,28)11-9-23)22-5-7-24-17(25)15-13-2-3-14(12-13)16(15)18(24)26;/h2-3,13-16H,4-12H2,1H3,(H2,20,21,22);1H. The van der Waals surface area contributed by atoms with E-state index < -0.39 is 9.84 Å². The number of amides is 2. The van der Waals surface area contributed by atoms with E-state index in [4.69, 9.17) is 0 Å². The minimum atomic E-state index is -2.86. The van der Waals surface area contributed by atoms with Crippen molar-refractivity contribution in [3.8, 4) is 0 Å². The monoisotopic (exact) mass is 551 g/mol. The first-order chi connectivity index (χ1) is 13.9. The number of halogens is 1. The van der Waals surface area contributed by atoms with E-state index in [-0.39, 0.29) is 71.0 Å². The molecule has 0 spiro atoms. The fraction of sp³-hybridized carbons (Fsp3) is 0.737. The van der Waals surface area contributed by atoms with Crippen molar-refractivity contribution in [2.75, 3.05) is 57.8 Å². The van der Waals surface area contributed by atoms with Crippen molar-refractivity contribution < 1.29 is 18.0 Å². The number of nitrogens with one attached hydrogen (secondary N) is 2. The average molecular weight is 551 g/mol. The Morgan fingerprint density at radius 3 is 2.10 bits per heavy atom. The van der Waals surface area contributed by atoms with Gasteiger partial charge in [0.05, 0.1) is 23.3 Å². The number of guanidine groups is 1. The third kappa shape index (κ3) is 4.67. The first kappa shape index (κ1) is 23.5. The van der Waals surface area contributed by atoms with Gasteiger partial charge < -0.3 is 10.6 Å². The molecule has 4 rings (SSSR count). The van der Waals surface area contributed by atoms with Gasteiger partial charge in [-0.25, -0.2) is 8.42 Å². The van der Waals surface area contributed by atoms with Gasteiger partial charge in [-0.3, -0.25) is 24.4 Å². The predicted molar refractivity (Wildman–Crippen MR) is 124 cm³/mol. The van der Waals surface area contributed by atoms with E-state index in [9.17, 15) is 18.0 Å². The summed E-state index contributed by atoms with van der Waals surface area (Å²) in [6, 6.07) is 0. The molecular formula is C19H30IN5O4S. The van der Waals surface area contributed by atoms with Crippen molar-refractivity contribution in [3.05, 3.63) is 12.2 Å². The van der Waals surface area contributed by atoms with Crippen LogP contribution >= 0.6 is 24.0 Å². The first-order valence-electron chi connectivity index (χ1n) is 10.3. The van der Waals surface area contributed by atoms with Gasteiger partial charge in [0.1, 0.15) is 0 Å². The van der Waals surface area contributed by atoms with Crippen molar-refractivity contribution in [1.29, 1.82) is 0 Å². The molecule has 1 saturated carbocycles. The minimum absolute atomic E-state index is 0. The molecular weight excluding hydrogens is 521 g/mol. The Balaban J connectivity index is 0.00000256. The maximum atomic E-state index is 12.7. The summed E-state index contributed by atoms with van der Waals surface area (Å²) in [5, 5.41) is 6.35. The SMILES string of the molecule is CN=C(NCCN1CCS(=O)(=O)CC1)NCCN1C(=O)C2C3C=CC(C3)C2C1=O.I. The zero-order valence-corrected chi connectivity index (χ0v) is 20.3. The molecule has 2 aliphatic heterocycles. The van der Waals surface area contributed by atoms with Crippen molar-refractivity contribution in [1.82, 2.24) is 20.4 Å². The van der Waals surface area contributed by atoms with Crippen LogP contribution in [0.5, 0.6) is 0 Å². The number of fused-ring (bicyclic) bond motifs is 5. The zero-order chi connectivity index (χ0) is 20.6. The van der Waals surface area contributed by atoms with E-state index in [0.29, 0.717) is 38.7 Å². The van der Waals surface area contributed by atoms with Gasteiger partial charge in [-0.2, -0.15) is 0 Å². The van der Waals surface area contributed by atoms with Crippen LogP contribution in [0.3, 0.4) is 0 Å². The summed E-state index contributed by atoms with van der Waals surface area (Å²) in [5.41, 5.74) is 0. The normalized spacial score (nSPS) is 32.3. The molecule has 9 nitrogen and oxygen atoms in total. The number of allylic oxidation sites excluding steroid dienone is 2. The topological polar surface area (TPSA) is 111 Å². The fourth-order valence-corrected chi connectivity index (χ4v) is 6.27. The van der Waals surface area contributed by atoms with Crippen molar-refractivity contribution in [2.45, 2.75) is 6.42 Å². The molecule has 168 valence electrons. The highest BCUT2D eigenvalue weighted by Crippen LogP contribution is 2.52. The molecule has 0 aromatic heterocycles. The van der Waals surface area contributed by atoms with Gasteiger partial charge in [0.2, 0.25) is 11.8 Å². The number of carbonyl (C=O) groups excluding carboxylic acids is 2. The number of nitrogens with zero attached hydrogens (tertiary/aromatic N) is 3. The van der Waals surface area contributed by atoms with Crippen LogP contribution in [0.1, 0.15) is 6.42 Å². The Morgan fingerprint density at radius 2 is 1.57 bits per heavy atom. The highest BCUT2D eigenvalue weighted by atomic mass is 127. The molecule has 30 heavy (non-hydrogen) atoms. The number of rotatable bonds is 6. The van der Waals surface area contributed by atoms with Crippen molar-refractivity contribution in [3.63, 3.8) is 0 Å². The maximum Gasteiger partial charge on any atom is 0.233 e. The molecule has 2 heterocycles. The van der Waals surface area contributed by atoms with E-state index in [1.165, 1.54) is 4.90 Å². The van der Waals surface area contributed by atoms with Gasteiger partial charge >= 0.3 is 0 Å². The second kappa shape index (κ2) is 9.51. The molecule has 0 aromatic rings. The Kier molecular flexibility index (Phi) is 7.44. The Labute approximate surface area is 194 Å². The number of likely N-dealkylation sites (tertiary alicyclic amines) is 1. The Morgan fingerprint density at radius 1 is 1.03 bits per heavy atom. The summed E-state index contributed by atoms with van der Waals surface area (Å²) in [4.78, 5) is 33.0. The zero-order valence-electron chi connectivity index (χ0n) is 17.1. The van der Waals surface area contributed by atoms with Crippen LogP contribution in [0.25, 0.3) is 0 Å². The third-order valence-electron chi connectivity index (χ3n) is 6.57. The summed E-state index contributed by atoms with van der Waals surface area (Å²) in [5.74, 6) is 1.16. The number of imide groups is 1. The van der Waals surface area contributed by atoms with Gasteiger partial charge in [0.25, 0.3) is 0 Å². The number of carbonyl (C=O) groups is 2. The number of hydrogen-bond acceptors (Lipinski definition) is 6. The van der Waals surface area contributed by atoms with Crippen LogP contribution < -0.4 is 10.6 Å². The average Bonchev–Trinajstić information content (AvgIpc) is 3.37. The summed E-state index contributed by atoms with van der Waals surface area (Å²) >= 11 is 0. The second-order valence-electron chi connectivity index (χ2n) is 8.25. The molecule has 4 unspecified atom stereocenters. The van der Waals surface area contributed by atoms with E-state index in [1.807, 2.05) is 0 Å². The lowest BCUT2D eigenvalue weighted by Gasteiger charge is -2.26. The lowest BCUT2D eigenvalue weighted by molar-refractivity contribution is -0.140. The predicted octanol–water partition coefficient (Wildman–Crippen LogP) is -0.693. The largest absolute Gasteiger partial charge is 0.355 e. The lowest BCUT2D eigenvalue weighted by Crippen LogP contribution is -2.47. The van der Waals surface area contributed by atoms with Crippen molar-refractivity contribution in [2.24, 2.45) is 28.7 Å². The van der Waals surface area contributed by atoms with Gasteiger partial charge in [-0.15, -0.1) is 24.0 Å². The number of hydrogen-bond donors (Lipinski definition) is 2. The van der Waals surface area contributed by atoms with E-state index in [0.717, 1.165) is 13.0 Å². The summed E-state index contributed by atoms with van der Waals surface area (Å²) in [6.07, 6.45) is 5.14. The molecule has 2 N–H and O–H groups in total. The van der Waals surface area contributed by atoms with Gasteiger partial charge in [-0.1, -0.05) is 12.2 Å². The van der Waals surface area contributed by atoms with E-state index >= 15 is 0 Å². The lowest BCUT2D eigenvalue weighted by atomic mass is 9.85. The summed E-state index contributed by atoms with van der Waals surface area (Å²) in [6.45, 7) is 3.29. The first-order valence-corrected chi connectivity index (χ1v) is 12.1. The molecule has 0 aromatic carbocycles. The Hall–Kier alpha value is -1.21. The Bertz CT molecular complexity index is 802. The molecule has 4 aliphatic rings. The van der Waals surface area contributed by atoms with E-state index in [2.05, 4.69) is 32.7 Å². The quantitative estimate of drug-likeness (QED) is 0.148. The molecule has 2 bridgehead atoms. The maximum absolute atomic E-state index is 12.7. The van der Waals surface area contributed by atoms with Crippen LogP contribution in [0.15, 0.2) is 17.1 Å². The van der Waals surface area contributed by atoms with Crippen molar-refractivity contribution >= 4 is 51.6 Å². The van der Waals surface area contributed by atoms with Crippen LogP contribution in [-0.2, 0) is 19.4 Å². The molecule has 3 fully saturated rings. The van der Waals surface area contributed by atoms with Gasteiger partial charge in [0, 0.05) is 46.3 Å². The fourth-order valence-electron chi connectivity index (χ4n) is 5.00. The van der Waals surface area contributed by atoms with Crippen LogP contribution in [-0.4, -0.2) is 93.8 Å². The van der Waals surface area contributed by atoms with E-state index in [1.54, 1.807) is 7.05 Å². The minimum Gasteiger partial charge on any atom is -0.355 e. The van der Waals surface area contributed by atoms with Crippen LogP contribution in [0, 0.1) is 23.7 Å². The molecule has 11 heteroatoms. The molecule has 2 aliphatic carbocycles.